The molecule has 0 radical (unpaired) electrons. The zero-order chi connectivity index (χ0) is 42.4. The second-order valence-corrected chi connectivity index (χ2v) is 23.5. The Kier molecular flexibility index (Phi) is 7.24. The molecule has 2 aromatic heterocycles. The molecule has 0 N–H and O–H groups in total. The average molecular weight is 835 g/mol. The van der Waals surface area contributed by atoms with E-state index < -0.39 is 0 Å². The zero-order valence-corrected chi connectivity index (χ0v) is 38.6. The lowest BCUT2D eigenvalue weighted by molar-refractivity contribution is 0.590. The minimum absolute atomic E-state index is 0.00943. The molecule has 62 heavy (non-hydrogen) atoms. The van der Waals surface area contributed by atoms with Crippen LogP contribution in [0.5, 0.6) is 0 Å². The highest BCUT2D eigenvalue weighted by molar-refractivity contribution is 7.34. The van der Waals surface area contributed by atoms with Gasteiger partial charge in [0.2, 0.25) is 0 Å². The van der Waals surface area contributed by atoms with Crippen LogP contribution in [0.4, 0.5) is 28.4 Å². The Labute approximate surface area is 374 Å². The van der Waals surface area contributed by atoms with Gasteiger partial charge in [-0.05, 0) is 108 Å². The van der Waals surface area contributed by atoms with E-state index in [2.05, 4.69) is 199 Å². The van der Waals surface area contributed by atoms with Crippen LogP contribution < -0.4 is 36.3 Å². The van der Waals surface area contributed by atoms with Crippen molar-refractivity contribution in [1.29, 1.82) is 0 Å². The molecule has 0 bridgehead atoms. The Morgan fingerprint density at radius 1 is 0.435 bits per heavy atom. The van der Waals surface area contributed by atoms with Crippen LogP contribution >= 0.6 is 22.7 Å². The Hall–Kier alpha value is -5.55. The van der Waals surface area contributed by atoms with Gasteiger partial charge in [0.05, 0.1) is 5.69 Å². The van der Waals surface area contributed by atoms with Gasteiger partial charge in [-0.25, -0.2) is 0 Å². The van der Waals surface area contributed by atoms with Crippen molar-refractivity contribution in [2.24, 2.45) is 0 Å². The molecule has 13 rings (SSSR count). The monoisotopic (exact) mass is 834 g/mol. The van der Waals surface area contributed by atoms with Gasteiger partial charge in [0.25, 0.3) is 6.71 Å². The first-order chi connectivity index (χ1) is 29.6. The number of rotatable bonds is 1. The summed E-state index contributed by atoms with van der Waals surface area (Å²) in [6, 6.07) is 50.3. The normalized spacial score (nSPS) is 14.7. The van der Waals surface area contributed by atoms with E-state index in [1.807, 2.05) is 22.7 Å². The van der Waals surface area contributed by atoms with E-state index in [0.717, 1.165) is 0 Å². The highest BCUT2D eigenvalue weighted by Crippen LogP contribution is 2.54. The molecule has 7 aromatic carbocycles. The molecule has 6 heterocycles. The molecule has 300 valence electrons. The molecule has 0 saturated heterocycles. The molecule has 4 aliphatic rings. The van der Waals surface area contributed by atoms with Crippen LogP contribution in [-0.4, -0.2) is 13.6 Å². The van der Waals surface area contributed by atoms with Crippen LogP contribution in [0, 0.1) is 0 Å². The maximum Gasteiger partial charge on any atom is 0.329 e. The van der Waals surface area contributed by atoms with Crippen molar-refractivity contribution >= 4 is 122 Å². The van der Waals surface area contributed by atoms with Gasteiger partial charge < -0.3 is 9.71 Å². The highest BCUT2D eigenvalue weighted by Gasteiger charge is 2.53. The first-order valence-electron chi connectivity index (χ1n) is 22.3. The fourth-order valence-electron chi connectivity index (χ4n) is 11.3. The first kappa shape index (κ1) is 37.0. The summed E-state index contributed by atoms with van der Waals surface area (Å²) in [5.74, 6) is 0. The lowest BCUT2D eigenvalue weighted by Crippen LogP contribution is -2.69. The highest BCUT2D eigenvalue weighted by atomic mass is 32.1. The largest absolute Gasteiger partial charge is 0.377 e. The van der Waals surface area contributed by atoms with E-state index in [9.17, 15) is 0 Å². The summed E-state index contributed by atoms with van der Waals surface area (Å²) in [5.41, 5.74) is 21.9. The van der Waals surface area contributed by atoms with Gasteiger partial charge in [-0.15, -0.1) is 22.7 Å². The number of thiophene rings is 2. The Morgan fingerprint density at radius 2 is 1.02 bits per heavy atom. The van der Waals surface area contributed by atoms with Gasteiger partial charge in [-0.1, -0.05) is 147 Å². The van der Waals surface area contributed by atoms with Crippen molar-refractivity contribution in [3.05, 3.63) is 144 Å². The number of anilines is 5. The Morgan fingerprint density at radius 3 is 1.69 bits per heavy atom. The van der Waals surface area contributed by atoms with E-state index in [1.165, 1.54) is 124 Å². The van der Waals surface area contributed by atoms with Crippen molar-refractivity contribution in [1.82, 2.24) is 0 Å². The summed E-state index contributed by atoms with van der Waals surface area (Å²) < 4.78 is 5.45. The smallest absolute Gasteiger partial charge is 0.329 e. The van der Waals surface area contributed by atoms with E-state index in [1.54, 1.807) is 0 Å². The first-order valence-corrected chi connectivity index (χ1v) is 24.0. The molecule has 0 saturated carbocycles. The van der Waals surface area contributed by atoms with Crippen molar-refractivity contribution in [2.45, 2.75) is 78.6 Å². The minimum Gasteiger partial charge on any atom is -0.377 e. The van der Waals surface area contributed by atoms with Gasteiger partial charge in [0, 0.05) is 68.9 Å². The van der Waals surface area contributed by atoms with Crippen LogP contribution in [-0.2, 0) is 16.2 Å². The summed E-state index contributed by atoms with van der Waals surface area (Å²) in [6.45, 7) is 21.4. The topological polar surface area (TPSA) is 6.48 Å². The summed E-state index contributed by atoms with van der Waals surface area (Å²) in [6.07, 6.45) is 0. The standard InChI is InChI=1S/C56H48B2N2S2/c1-54(2,3)31-18-21-35-38-23-24-45-49-51(38)60-50-41(36-22-19-32(55(4,5)6)28-43(36)58(60)42(35)27-31)26-33(56(7,8)9)29-44(50)57(49)53-52(39-15-11-13-17-47(39)62-53)59(45)34-20-25-48-40(30-34)37-14-10-12-16-46(37)61-48/h10-30H,1-9H3. The Bertz CT molecular complexity index is 3460. The molecular weight excluding hydrogens is 786 g/mol. The molecule has 0 unspecified atom stereocenters. The third kappa shape index (κ3) is 4.88. The van der Waals surface area contributed by atoms with Crippen molar-refractivity contribution in [3.63, 3.8) is 0 Å². The van der Waals surface area contributed by atoms with Gasteiger partial charge >= 0.3 is 6.85 Å². The van der Waals surface area contributed by atoms with Crippen molar-refractivity contribution < 1.29 is 0 Å². The zero-order valence-electron chi connectivity index (χ0n) is 37.0. The predicted molar refractivity (Wildman–Crippen MR) is 275 cm³/mol. The van der Waals surface area contributed by atoms with Gasteiger partial charge in [0.1, 0.15) is 0 Å². The van der Waals surface area contributed by atoms with E-state index >= 15 is 0 Å². The summed E-state index contributed by atoms with van der Waals surface area (Å²) in [5, 5.41) is 3.99. The average Bonchev–Trinajstić information content (AvgIpc) is 3.82. The number of hydrogen-bond acceptors (Lipinski definition) is 4. The molecule has 4 aliphatic heterocycles. The molecule has 0 spiro atoms. The molecule has 0 amide bonds. The molecule has 0 fully saturated rings. The fourth-order valence-corrected chi connectivity index (χ4v) is 13.7. The molecular formula is C56H48B2N2S2. The molecule has 9 aromatic rings. The van der Waals surface area contributed by atoms with Gasteiger partial charge in [0.15, 0.2) is 0 Å². The molecule has 0 aliphatic carbocycles. The third-order valence-corrected chi connectivity index (χ3v) is 16.9. The number of fused-ring (bicyclic) bond motifs is 14. The van der Waals surface area contributed by atoms with Crippen LogP contribution in [0.2, 0.25) is 0 Å². The molecule has 6 heteroatoms. The van der Waals surface area contributed by atoms with Crippen LogP contribution in [0.15, 0.2) is 127 Å². The van der Waals surface area contributed by atoms with E-state index in [-0.39, 0.29) is 29.8 Å². The summed E-state index contributed by atoms with van der Waals surface area (Å²) in [7, 11) is 0. The maximum absolute atomic E-state index is 2.83. The van der Waals surface area contributed by atoms with Crippen LogP contribution in [0.1, 0.15) is 79.0 Å². The predicted octanol–water partition coefficient (Wildman–Crippen LogP) is 12.7. The van der Waals surface area contributed by atoms with Crippen molar-refractivity contribution in [2.75, 3.05) is 9.71 Å². The minimum atomic E-state index is -0.0443. The molecule has 2 nitrogen and oxygen atoms in total. The summed E-state index contributed by atoms with van der Waals surface area (Å²) in [4.78, 5) is 5.48. The quantitative estimate of drug-likeness (QED) is 0.152. The number of hydrogen-bond donors (Lipinski definition) is 0. The van der Waals surface area contributed by atoms with Gasteiger partial charge in [-0.2, -0.15) is 0 Å². The van der Waals surface area contributed by atoms with Crippen LogP contribution in [0.3, 0.4) is 0 Å². The number of benzene rings is 7. The molecule has 0 atom stereocenters. The Balaban J connectivity index is 1.20. The second kappa shape index (κ2) is 12.1. The van der Waals surface area contributed by atoms with E-state index in [4.69, 9.17) is 0 Å². The van der Waals surface area contributed by atoms with Crippen molar-refractivity contribution in [3.8, 4) is 22.3 Å². The van der Waals surface area contributed by atoms with Gasteiger partial charge in [-0.3, -0.25) is 0 Å². The maximum atomic E-state index is 2.83. The SMILES string of the molecule is CC(C)(C)c1ccc2c(c1)B1c3cc(C(C)(C)C)ccc3-c3ccc4c5c3N1c1c(cc(C(C)(C)C)cc1-2)B5c1sc2ccccc2c1N4c1ccc2sc3ccccc3c2c1. The fraction of sp³-hybridized carbons (Fsp3) is 0.214. The second-order valence-electron chi connectivity index (χ2n) is 21.3. The summed E-state index contributed by atoms with van der Waals surface area (Å²) >= 11 is 3.90. The third-order valence-electron chi connectivity index (χ3n) is 14.5. The lowest BCUT2D eigenvalue weighted by atomic mass is 9.32. The number of nitrogens with zero attached hydrogens (tertiary/aromatic N) is 2. The lowest BCUT2D eigenvalue weighted by Gasteiger charge is -2.51. The van der Waals surface area contributed by atoms with Crippen LogP contribution in [0.25, 0.3) is 52.5 Å². The van der Waals surface area contributed by atoms with E-state index in [0.29, 0.717) is 0 Å².